The summed E-state index contributed by atoms with van der Waals surface area (Å²) in [5.41, 5.74) is 0.568. The fourth-order valence-electron chi connectivity index (χ4n) is 3.11. The molecule has 0 aliphatic carbocycles. The predicted octanol–water partition coefficient (Wildman–Crippen LogP) is 2.79. The normalized spacial score (nSPS) is 15.0. The third kappa shape index (κ3) is 4.10. The average molecular weight is 417 g/mol. The van der Waals surface area contributed by atoms with Crippen molar-refractivity contribution in [3.8, 4) is 11.5 Å². The topological polar surface area (TPSA) is 82.5 Å². The average Bonchev–Trinajstić information content (AvgIpc) is 2.98. The number of imidazole rings is 1. The van der Waals surface area contributed by atoms with Crippen LogP contribution in [-0.4, -0.2) is 31.2 Å². The maximum Gasteiger partial charge on any atom is 0.241 e. The van der Waals surface area contributed by atoms with Gasteiger partial charge in [-0.15, -0.1) is 0 Å². The summed E-state index contributed by atoms with van der Waals surface area (Å²) < 4.78 is 55.2. The van der Waals surface area contributed by atoms with Crippen molar-refractivity contribution in [1.82, 2.24) is 14.3 Å². The molecular weight excluding hydrogens is 397 g/mol. The summed E-state index contributed by atoms with van der Waals surface area (Å²) in [5, 5.41) is 0. The molecule has 0 fully saturated rings. The minimum atomic E-state index is -3.94. The van der Waals surface area contributed by atoms with Gasteiger partial charge in [-0.25, -0.2) is 17.8 Å². The number of nitrogens with zero attached hydrogens (tertiary/aromatic N) is 2. The molecule has 1 aliphatic heterocycles. The smallest absolute Gasteiger partial charge is 0.241 e. The molecule has 2 heterocycles. The maximum absolute atomic E-state index is 13.4. The molecule has 1 aromatic heterocycles. The van der Waals surface area contributed by atoms with Gasteiger partial charge in [0.2, 0.25) is 10.0 Å². The van der Waals surface area contributed by atoms with Crippen molar-refractivity contribution in [2.45, 2.75) is 17.4 Å². The van der Waals surface area contributed by atoms with E-state index in [0.29, 0.717) is 36.1 Å². The van der Waals surface area contributed by atoms with E-state index in [4.69, 9.17) is 9.47 Å². The van der Waals surface area contributed by atoms with Crippen LogP contribution >= 0.6 is 0 Å². The zero-order chi connectivity index (χ0) is 20.4. The van der Waals surface area contributed by atoms with Crippen molar-refractivity contribution in [2.75, 3.05) is 13.2 Å². The highest BCUT2D eigenvalue weighted by molar-refractivity contribution is 7.89. The van der Waals surface area contributed by atoms with E-state index in [1.54, 1.807) is 30.1 Å². The summed E-state index contributed by atoms with van der Waals surface area (Å²) >= 11 is 0. The predicted molar refractivity (Wildman–Crippen MR) is 104 cm³/mol. The summed E-state index contributed by atoms with van der Waals surface area (Å²) in [5.74, 6) is 0.981. The summed E-state index contributed by atoms with van der Waals surface area (Å²) in [4.78, 5) is 4.32. The first-order valence-corrected chi connectivity index (χ1v) is 10.6. The number of aromatic nitrogens is 2. The highest BCUT2D eigenvalue weighted by atomic mass is 32.2. The first-order valence-electron chi connectivity index (χ1n) is 9.09. The highest BCUT2D eigenvalue weighted by Gasteiger charge is 2.27. The van der Waals surface area contributed by atoms with Crippen molar-refractivity contribution in [2.24, 2.45) is 7.05 Å². The number of sulfonamides is 1. The molecule has 1 N–H and O–H groups in total. The molecule has 0 saturated heterocycles. The summed E-state index contributed by atoms with van der Waals surface area (Å²) in [6.45, 7) is 0.971. The van der Waals surface area contributed by atoms with Gasteiger partial charge in [-0.1, -0.05) is 12.1 Å². The van der Waals surface area contributed by atoms with Crippen LogP contribution in [0.15, 0.2) is 59.8 Å². The molecule has 1 atom stereocenters. The molecule has 2 aromatic carbocycles. The Morgan fingerprint density at radius 2 is 1.83 bits per heavy atom. The lowest BCUT2D eigenvalue weighted by Crippen LogP contribution is -2.31. The minimum absolute atomic E-state index is 0.0445. The van der Waals surface area contributed by atoms with Gasteiger partial charge in [-0.2, -0.15) is 4.72 Å². The Hall–Kier alpha value is -2.91. The van der Waals surface area contributed by atoms with Gasteiger partial charge in [0, 0.05) is 31.9 Å². The fourth-order valence-corrected chi connectivity index (χ4v) is 4.31. The minimum Gasteiger partial charge on any atom is -0.490 e. The molecule has 152 valence electrons. The quantitative estimate of drug-likeness (QED) is 0.690. The van der Waals surface area contributed by atoms with Crippen molar-refractivity contribution < 1.29 is 22.3 Å². The van der Waals surface area contributed by atoms with E-state index in [-0.39, 0.29) is 4.90 Å². The SMILES string of the molecule is Cn1ccnc1C(NS(=O)(=O)c1ccc2c(c1)OCCCO2)c1ccc(F)cc1. The molecule has 0 radical (unpaired) electrons. The van der Waals surface area contributed by atoms with Crippen LogP contribution in [0.4, 0.5) is 4.39 Å². The van der Waals surface area contributed by atoms with Gasteiger partial charge < -0.3 is 14.0 Å². The second-order valence-corrected chi connectivity index (χ2v) is 8.38. The molecule has 7 nitrogen and oxygen atoms in total. The van der Waals surface area contributed by atoms with Crippen LogP contribution in [-0.2, 0) is 17.1 Å². The number of aryl methyl sites for hydroxylation is 1. The van der Waals surface area contributed by atoms with Crippen molar-refractivity contribution in [1.29, 1.82) is 0 Å². The Bertz CT molecular complexity index is 1110. The molecule has 0 amide bonds. The van der Waals surface area contributed by atoms with Crippen LogP contribution in [0.3, 0.4) is 0 Å². The molecule has 29 heavy (non-hydrogen) atoms. The number of hydrogen-bond acceptors (Lipinski definition) is 5. The van der Waals surface area contributed by atoms with Crippen molar-refractivity contribution in [3.63, 3.8) is 0 Å². The number of nitrogens with one attached hydrogen (secondary N) is 1. The molecule has 4 rings (SSSR count). The molecule has 0 bridgehead atoms. The van der Waals surface area contributed by atoms with E-state index >= 15 is 0 Å². The molecule has 3 aromatic rings. The van der Waals surface area contributed by atoms with Crippen molar-refractivity contribution >= 4 is 10.0 Å². The second-order valence-electron chi connectivity index (χ2n) is 6.66. The molecular formula is C20H20FN3O4S. The lowest BCUT2D eigenvalue weighted by Gasteiger charge is -2.20. The number of ether oxygens (including phenoxy) is 2. The lowest BCUT2D eigenvalue weighted by molar-refractivity contribution is 0.297. The van der Waals surface area contributed by atoms with E-state index in [0.717, 1.165) is 6.42 Å². The molecule has 0 saturated carbocycles. The number of rotatable bonds is 5. The van der Waals surface area contributed by atoms with Crippen LogP contribution in [0, 0.1) is 5.82 Å². The van der Waals surface area contributed by atoms with Gasteiger partial charge in [0.1, 0.15) is 17.7 Å². The Balaban J connectivity index is 1.70. The fraction of sp³-hybridized carbons (Fsp3) is 0.250. The maximum atomic E-state index is 13.4. The summed E-state index contributed by atoms with van der Waals surface area (Å²) in [6, 6.07) is 9.34. The van der Waals surface area contributed by atoms with Crippen LogP contribution in [0.25, 0.3) is 0 Å². The third-order valence-corrected chi connectivity index (χ3v) is 6.04. The van der Waals surface area contributed by atoms with Crippen LogP contribution in [0.2, 0.25) is 0 Å². The summed E-state index contributed by atoms with van der Waals surface area (Å²) in [6.07, 6.45) is 4.02. The van der Waals surface area contributed by atoms with Gasteiger partial charge in [-0.05, 0) is 29.8 Å². The first-order chi connectivity index (χ1) is 13.9. The molecule has 1 aliphatic rings. The van der Waals surface area contributed by atoms with Crippen LogP contribution in [0.5, 0.6) is 11.5 Å². The van der Waals surface area contributed by atoms with E-state index < -0.39 is 21.9 Å². The molecule has 0 spiro atoms. The Morgan fingerprint density at radius 1 is 1.10 bits per heavy atom. The van der Waals surface area contributed by atoms with Gasteiger partial charge in [-0.3, -0.25) is 0 Å². The zero-order valence-electron chi connectivity index (χ0n) is 15.7. The third-order valence-electron chi connectivity index (χ3n) is 4.62. The zero-order valence-corrected chi connectivity index (χ0v) is 16.5. The van der Waals surface area contributed by atoms with Gasteiger partial charge in [0.25, 0.3) is 0 Å². The monoisotopic (exact) mass is 417 g/mol. The van der Waals surface area contributed by atoms with Crippen molar-refractivity contribution in [3.05, 3.63) is 72.1 Å². The standard InChI is InChI=1S/C20H20FN3O4S/c1-24-10-9-22-20(24)19(14-3-5-15(21)6-4-14)23-29(25,26)16-7-8-17-18(13-16)28-12-2-11-27-17/h3-10,13,19,23H,2,11-12H2,1H3. The number of hydrogen-bond donors (Lipinski definition) is 1. The Labute approximate surface area is 168 Å². The lowest BCUT2D eigenvalue weighted by atomic mass is 10.1. The van der Waals surface area contributed by atoms with Gasteiger partial charge in [0.15, 0.2) is 11.5 Å². The molecule has 9 heteroatoms. The van der Waals surface area contributed by atoms with Crippen LogP contribution < -0.4 is 14.2 Å². The first kappa shape index (κ1) is 19.4. The van der Waals surface area contributed by atoms with E-state index in [2.05, 4.69) is 9.71 Å². The van der Waals surface area contributed by atoms with Gasteiger partial charge >= 0.3 is 0 Å². The largest absolute Gasteiger partial charge is 0.490 e. The number of fused-ring (bicyclic) bond motifs is 1. The van der Waals surface area contributed by atoms with E-state index in [9.17, 15) is 12.8 Å². The Morgan fingerprint density at radius 3 is 2.52 bits per heavy atom. The summed E-state index contributed by atoms with van der Waals surface area (Å²) in [7, 11) is -2.17. The Kier molecular flexibility index (Phi) is 5.25. The second kappa shape index (κ2) is 7.84. The van der Waals surface area contributed by atoms with E-state index in [1.165, 1.54) is 36.4 Å². The molecule has 1 unspecified atom stereocenters. The van der Waals surface area contributed by atoms with Crippen LogP contribution in [0.1, 0.15) is 23.9 Å². The van der Waals surface area contributed by atoms with Gasteiger partial charge in [0.05, 0.1) is 18.1 Å². The number of benzene rings is 2. The highest BCUT2D eigenvalue weighted by Crippen LogP contribution is 2.32. The van der Waals surface area contributed by atoms with E-state index in [1.807, 2.05) is 0 Å². The number of halogens is 1.